The number of urea groups is 1. The molecule has 4 nitrogen and oxygen atoms in total. The van der Waals surface area contributed by atoms with E-state index in [1.54, 1.807) is 0 Å². The Kier molecular flexibility index (Phi) is 2.96. The number of likely N-dealkylation sites (tertiary alicyclic amines) is 1. The van der Waals surface area contributed by atoms with Crippen LogP contribution in [0.1, 0.15) is 12.8 Å². The van der Waals surface area contributed by atoms with E-state index in [2.05, 4.69) is 10.6 Å². The van der Waals surface area contributed by atoms with Crippen LogP contribution in [0.2, 0.25) is 0 Å². The second-order valence-corrected chi connectivity index (χ2v) is 5.43. The maximum atomic E-state index is 12.0. The Bertz CT molecular complexity index is 418. The molecule has 2 N–H and O–H groups in total. The highest BCUT2D eigenvalue weighted by Crippen LogP contribution is 2.36. The van der Waals surface area contributed by atoms with Gasteiger partial charge in [0, 0.05) is 30.7 Å². The Hall–Kier alpha value is -1.55. The number of para-hydroxylation sites is 1. The fraction of sp³-hybridized carbons (Fsp3) is 0.500. The number of benzene rings is 1. The minimum absolute atomic E-state index is 0.0254. The van der Waals surface area contributed by atoms with Gasteiger partial charge < -0.3 is 15.5 Å². The van der Waals surface area contributed by atoms with E-state index in [4.69, 9.17) is 0 Å². The van der Waals surface area contributed by atoms with E-state index in [9.17, 15) is 4.79 Å². The van der Waals surface area contributed by atoms with E-state index < -0.39 is 0 Å². The second-order valence-electron chi connectivity index (χ2n) is 5.43. The minimum Gasteiger partial charge on any atom is -0.323 e. The minimum atomic E-state index is 0.0254. The average molecular weight is 245 g/mol. The lowest BCUT2D eigenvalue weighted by atomic mass is 9.74. The van der Waals surface area contributed by atoms with Gasteiger partial charge in [0.05, 0.1) is 0 Å². The number of piperidine rings is 1. The Morgan fingerprint density at radius 1 is 1.28 bits per heavy atom. The molecule has 2 saturated heterocycles. The Morgan fingerprint density at radius 2 is 2.06 bits per heavy atom. The number of anilines is 1. The Morgan fingerprint density at radius 3 is 2.72 bits per heavy atom. The van der Waals surface area contributed by atoms with Gasteiger partial charge in [-0.15, -0.1) is 0 Å². The maximum Gasteiger partial charge on any atom is 0.321 e. The molecule has 0 aromatic heterocycles. The van der Waals surface area contributed by atoms with Gasteiger partial charge in [0.15, 0.2) is 0 Å². The van der Waals surface area contributed by atoms with Crippen LogP contribution in [0, 0.1) is 5.41 Å². The molecule has 0 unspecified atom stereocenters. The summed E-state index contributed by atoms with van der Waals surface area (Å²) in [6.45, 7) is 3.96. The Labute approximate surface area is 107 Å². The van der Waals surface area contributed by atoms with Crippen LogP contribution < -0.4 is 10.6 Å². The van der Waals surface area contributed by atoms with Crippen molar-refractivity contribution in [3.05, 3.63) is 30.3 Å². The quantitative estimate of drug-likeness (QED) is 0.793. The number of carbonyl (C=O) groups is 1. The largest absolute Gasteiger partial charge is 0.323 e. The topological polar surface area (TPSA) is 44.4 Å². The molecule has 1 aromatic carbocycles. The number of nitrogens with zero attached hydrogens (tertiary/aromatic N) is 1. The zero-order valence-corrected chi connectivity index (χ0v) is 10.5. The average Bonchev–Trinajstić information content (AvgIpc) is 2.38. The first-order valence-corrected chi connectivity index (χ1v) is 6.59. The van der Waals surface area contributed by atoms with Crippen LogP contribution in [-0.4, -0.2) is 37.1 Å². The molecule has 0 saturated carbocycles. The summed E-state index contributed by atoms with van der Waals surface area (Å²) in [7, 11) is 0. The molecule has 2 aliphatic heterocycles. The third kappa shape index (κ3) is 2.20. The molecule has 0 aliphatic carbocycles. The van der Waals surface area contributed by atoms with Crippen molar-refractivity contribution in [2.24, 2.45) is 5.41 Å². The number of rotatable bonds is 1. The predicted molar refractivity (Wildman–Crippen MR) is 71.6 cm³/mol. The summed E-state index contributed by atoms with van der Waals surface area (Å²) in [6.07, 6.45) is 2.48. The molecule has 96 valence electrons. The van der Waals surface area contributed by atoms with Crippen molar-refractivity contribution in [2.45, 2.75) is 12.8 Å². The lowest BCUT2D eigenvalue weighted by Gasteiger charge is -2.52. The first-order chi connectivity index (χ1) is 8.77. The molecule has 2 aliphatic rings. The van der Waals surface area contributed by atoms with E-state index in [1.165, 1.54) is 12.8 Å². The standard InChI is InChI=1S/C14H19N3O/c18-13(16-12-5-2-1-3-6-12)17-10-14(11-17)7-4-8-15-9-14/h1-3,5-6,15H,4,7-11H2,(H,16,18). The highest BCUT2D eigenvalue weighted by atomic mass is 16.2. The van der Waals surface area contributed by atoms with Crippen molar-refractivity contribution in [1.29, 1.82) is 0 Å². The fourth-order valence-electron chi connectivity index (χ4n) is 2.93. The maximum absolute atomic E-state index is 12.0. The van der Waals surface area contributed by atoms with Crippen LogP contribution in [-0.2, 0) is 0 Å². The number of hydrogen-bond donors (Lipinski definition) is 2. The number of nitrogens with one attached hydrogen (secondary N) is 2. The van der Waals surface area contributed by atoms with E-state index >= 15 is 0 Å². The van der Waals surface area contributed by atoms with Crippen molar-refractivity contribution in [3.8, 4) is 0 Å². The Balaban J connectivity index is 1.53. The monoisotopic (exact) mass is 245 g/mol. The first-order valence-electron chi connectivity index (χ1n) is 6.59. The SMILES string of the molecule is O=C(Nc1ccccc1)N1CC2(CCCNC2)C1. The van der Waals surface area contributed by atoms with Gasteiger partial charge in [-0.1, -0.05) is 18.2 Å². The summed E-state index contributed by atoms with van der Waals surface area (Å²) in [5, 5.41) is 6.36. The zero-order valence-electron chi connectivity index (χ0n) is 10.5. The molecule has 0 radical (unpaired) electrons. The molecule has 2 fully saturated rings. The molecule has 0 atom stereocenters. The van der Waals surface area contributed by atoms with Crippen molar-refractivity contribution >= 4 is 11.7 Å². The zero-order chi connectivity index (χ0) is 12.4. The van der Waals surface area contributed by atoms with Crippen molar-refractivity contribution < 1.29 is 4.79 Å². The number of carbonyl (C=O) groups excluding carboxylic acids is 1. The van der Waals surface area contributed by atoms with Crippen LogP contribution in [0.25, 0.3) is 0 Å². The molecule has 2 amide bonds. The molecular weight excluding hydrogens is 226 g/mol. The van der Waals surface area contributed by atoms with Crippen LogP contribution in [0.5, 0.6) is 0 Å². The molecular formula is C14H19N3O. The lowest BCUT2D eigenvalue weighted by Crippen LogP contribution is -2.64. The van der Waals surface area contributed by atoms with Gasteiger partial charge in [-0.2, -0.15) is 0 Å². The van der Waals surface area contributed by atoms with Crippen LogP contribution >= 0.6 is 0 Å². The van der Waals surface area contributed by atoms with Crippen molar-refractivity contribution in [3.63, 3.8) is 0 Å². The molecule has 4 heteroatoms. The molecule has 1 aromatic rings. The smallest absolute Gasteiger partial charge is 0.321 e. The van der Waals surface area contributed by atoms with Crippen LogP contribution in [0.3, 0.4) is 0 Å². The summed E-state index contributed by atoms with van der Waals surface area (Å²) >= 11 is 0. The third-order valence-corrected chi connectivity index (χ3v) is 3.93. The number of hydrogen-bond acceptors (Lipinski definition) is 2. The van der Waals surface area contributed by atoms with Gasteiger partial charge in [0.2, 0.25) is 0 Å². The fourth-order valence-corrected chi connectivity index (χ4v) is 2.93. The molecule has 1 spiro atoms. The highest BCUT2D eigenvalue weighted by Gasteiger charge is 2.45. The lowest BCUT2D eigenvalue weighted by molar-refractivity contribution is 0.0164. The summed E-state index contributed by atoms with van der Waals surface area (Å²) in [5.41, 5.74) is 1.22. The van der Waals surface area contributed by atoms with Crippen molar-refractivity contribution in [1.82, 2.24) is 10.2 Å². The summed E-state index contributed by atoms with van der Waals surface area (Å²) in [6, 6.07) is 9.65. The van der Waals surface area contributed by atoms with Crippen LogP contribution in [0.15, 0.2) is 30.3 Å². The predicted octanol–water partition coefficient (Wildman–Crippen LogP) is 1.90. The molecule has 3 rings (SSSR count). The van der Waals surface area contributed by atoms with Crippen molar-refractivity contribution in [2.75, 3.05) is 31.5 Å². The normalized spacial score (nSPS) is 21.4. The van der Waals surface area contributed by atoms with E-state index in [0.717, 1.165) is 31.9 Å². The molecule has 0 bridgehead atoms. The van der Waals surface area contributed by atoms with Gasteiger partial charge >= 0.3 is 6.03 Å². The molecule has 18 heavy (non-hydrogen) atoms. The second kappa shape index (κ2) is 4.61. The van der Waals surface area contributed by atoms with Gasteiger partial charge in [-0.25, -0.2) is 4.79 Å². The van der Waals surface area contributed by atoms with E-state index in [-0.39, 0.29) is 6.03 Å². The van der Waals surface area contributed by atoms with Gasteiger partial charge in [-0.3, -0.25) is 0 Å². The third-order valence-electron chi connectivity index (χ3n) is 3.93. The van der Waals surface area contributed by atoms with Gasteiger partial charge in [0.1, 0.15) is 0 Å². The van der Waals surface area contributed by atoms with Gasteiger partial charge in [-0.05, 0) is 31.5 Å². The molecule has 2 heterocycles. The summed E-state index contributed by atoms with van der Waals surface area (Å²) in [5.74, 6) is 0. The van der Waals surface area contributed by atoms with E-state index in [1.807, 2.05) is 35.2 Å². The van der Waals surface area contributed by atoms with Gasteiger partial charge in [0.25, 0.3) is 0 Å². The summed E-state index contributed by atoms with van der Waals surface area (Å²) < 4.78 is 0. The van der Waals surface area contributed by atoms with E-state index in [0.29, 0.717) is 5.41 Å². The summed E-state index contributed by atoms with van der Waals surface area (Å²) in [4.78, 5) is 13.9. The highest BCUT2D eigenvalue weighted by molar-refractivity contribution is 5.89. The number of amides is 2. The first kappa shape index (κ1) is 11.5. The van der Waals surface area contributed by atoms with Crippen LogP contribution in [0.4, 0.5) is 10.5 Å².